The molecule has 1 aliphatic rings. The Bertz CT molecular complexity index is 1070. The van der Waals surface area contributed by atoms with Gasteiger partial charge in [-0.15, -0.1) is 0 Å². The third-order valence-corrected chi connectivity index (χ3v) is 6.58. The van der Waals surface area contributed by atoms with E-state index in [2.05, 4.69) is 37.5 Å². The van der Waals surface area contributed by atoms with Gasteiger partial charge in [0.05, 0.1) is 0 Å². The number of carbonyl (C=O) groups excluding carboxylic acids is 2. The van der Waals surface area contributed by atoms with E-state index in [9.17, 15) is 9.59 Å². The first-order valence-corrected chi connectivity index (χ1v) is 11.9. The molecular weight excluding hydrogens is 410 g/mol. The summed E-state index contributed by atoms with van der Waals surface area (Å²) in [5.74, 6) is 0.158. The molecule has 0 saturated carbocycles. The number of aryl methyl sites for hydroxylation is 2. The van der Waals surface area contributed by atoms with E-state index in [1.54, 1.807) is 0 Å². The second kappa shape index (κ2) is 10.1. The van der Waals surface area contributed by atoms with Crippen molar-refractivity contribution in [1.82, 2.24) is 14.4 Å². The lowest BCUT2D eigenvalue weighted by molar-refractivity contribution is 0.0519. The lowest BCUT2D eigenvalue weighted by Gasteiger charge is -2.38. The van der Waals surface area contributed by atoms with Crippen molar-refractivity contribution in [3.8, 4) is 5.69 Å². The average molecular weight is 444 g/mol. The average Bonchev–Trinajstić information content (AvgIpc) is 3.20. The summed E-state index contributed by atoms with van der Waals surface area (Å²) in [6.45, 7) is 8.37. The third-order valence-electron chi connectivity index (χ3n) is 6.58. The Balaban J connectivity index is 1.44. The minimum Gasteiger partial charge on any atom is -0.338 e. The number of amides is 2. The zero-order valence-corrected chi connectivity index (χ0v) is 19.8. The van der Waals surface area contributed by atoms with Crippen LogP contribution in [0.15, 0.2) is 66.7 Å². The lowest BCUT2D eigenvalue weighted by atomic mass is 10.0. The van der Waals surface area contributed by atoms with E-state index >= 15 is 0 Å². The molecule has 0 N–H and O–H groups in total. The number of aromatic nitrogens is 1. The molecule has 5 heteroatoms. The number of hydrogen-bond donors (Lipinski definition) is 0. The van der Waals surface area contributed by atoms with Crippen molar-refractivity contribution in [3.63, 3.8) is 0 Å². The van der Waals surface area contributed by atoms with Crippen LogP contribution in [0, 0.1) is 13.8 Å². The van der Waals surface area contributed by atoms with Gasteiger partial charge in [0.1, 0.15) is 0 Å². The van der Waals surface area contributed by atoms with Gasteiger partial charge in [-0.2, -0.15) is 0 Å². The summed E-state index contributed by atoms with van der Waals surface area (Å²) in [6, 6.07) is 21.7. The molecule has 1 fully saturated rings. The molecule has 0 bridgehead atoms. The molecule has 1 aromatic heterocycles. The van der Waals surface area contributed by atoms with Gasteiger partial charge in [0.25, 0.3) is 11.8 Å². The summed E-state index contributed by atoms with van der Waals surface area (Å²) in [4.78, 5) is 30.2. The van der Waals surface area contributed by atoms with Gasteiger partial charge in [0.15, 0.2) is 0 Å². The van der Waals surface area contributed by atoms with E-state index in [4.69, 9.17) is 0 Å². The maximum absolute atomic E-state index is 13.4. The third kappa shape index (κ3) is 4.87. The van der Waals surface area contributed by atoms with Gasteiger partial charge in [-0.3, -0.25) is 9.59 Å². The van der Waals surface area contributed by atoms with Crippen molar-refractivity contribution >= 4 is 11.8 Å². The number of rotatable bonds is 6. The Kier molecular flexibility index (Phi) is 6.97. The zero-order chi connectivity index (χ0) is 23.4. The van der Waals surface area contributed by atoms with E-state index in [0.29, 0.717) is 13.1 Å². The lowest BCUT2D eigenvalue weighted by Crippen LogP contribution is -2.49. The highest BCUT2D eigenvalue weighted by Gasteiger charge is 2.30. The van der Waals surface area contributed by atoms with Crippen LogP contribution < -0.4 is 0 Å². The van der Waals surface area contributed by atoms with Crippen LogP contribution in [0.4, 0.5) is 0 Å². The molecule has 0 spiro atoms. The number of carbonyl (C=O) groups is 2. The maximum Gasteiger partial charge on any atom is 0.254 e. The van der Waals surface area contributed by atoms with Crippen LogP contribution in [0.1, 0.15) is 58.3 Å². The number of likely N-dealkylation sites (tertiary alicyclic amines) is 1. The molecular formula is C28H33N3O2. The number of hydrogen-bond acceptors (Lipinski definition) is 2. The Morgan fingerprint density at radius 1 is 0.848 bits per heavy atom. The quantitative estimate of drug-likeness (QED) is 0.522. The summed E-state index contributed by atoms with van der Waals surface area (Å²) >= 11 is 0. The van der Waals surface area contributed by atoms with Gasteiger partial charge in [-0.05, 0) is 81.6 Å². The van der Waals surface area contributed by atoms with E-state index in [1.807, 2.05) is 64.4 Å². The summed E-state index contributed by atoms with van der Waals surface area (Å²) < 4.78 is 2.19. The van der Waals surface area contributed by atoms with Gasteiger partial charge in [-0.25, -0.2) is 0 Å². The van der Waals surface area contributed by atoms with E-state index in [-0.39, 0.29) is 17.9 Å². The molecule has 0 aliphatic carbocycles. The number of piperidine rings is 1. The largest absolute Gasteiger partial charge is 0.338 e. The Hall–Kier alpha value is -3.34. The van der Waals surface area contributed by atoms with E-state index in [1.165, 1.54) is 11.4 Å². The SMILES string of the molecule is CCCN(C(=O)c1ccc(-n2c(C)ccc2C)cc1)C1CCN(C(=O)c2ccccc2)CC1. The summed E-state index contributed by atoms with van der Waals surface area (Å²) in [5.41, 5.74) is 4.87. The van der Waals surface area contributed by atoms with Gasteiger partial charge >= 0.3 is 0 Å². The highest BCUT2D eigenvalue weighted by molar-refractivity contribution is 5.95. The maximum atomic E-state index is 13.4. The van der Waals surface area contributed by atoms with Crippen molar-refractivity contribution in [3.05, 3.63) is 89.2 Å². The van der Waals surface area contributed by atoms with Gasteiger partial charge in [-0.1, -0.05) is 25.1 Å². The predicted octanol–water partition coefficient (Wildman–Crippen LogP) is 5.25. The first-order chi connectivity index (χ1) is 16.0. The van der Waals surface area contributed by atoms with Gasteiger partial charge in [0.2, 0.25) is 0 Å². The van der Waals surface area contributed by atoms with Crippen molar-refractivity contribution in [2.75, 3.05) is 19.6 Å². The zero-order valence-electron chi connectivity index (χ0n) is 19.8. The first-order valence-electron chi connectivity index (χ1n) is 11.9. The minimum absolute atomic E-state index is 0.0774. The molecule has 3 aromatic rings. The van der Waals surface area contributed by atoms with Crippen LogP contribution in [-0.2, 0) is 0 Å². The molecule has 1 saturated heterocycles. The molecule has 1 aliphatic heterocycles. The molecule has 33 heavy (non-hydrogen) atoms. The van der Waals surface area contributed by atoms with Crippen molar-refractivity contribution in [1.29, 1.82) is 0 Å². The van der Waals surface area contributed by atoms with Gasteiger partial charge < -0.3 is 14.4 Å². The Labute approximate surface area is 196 Å². The fourth-order valence-electron chi connectivity index (χ4n) is 4.83. The number of benzene rings is 2. The second-order valence-electron chi connectivity index (χ2n) is 8.89. The van der Waals surface area contributed by atoms with Gasteiger partial charge in [0, 0.05) is 53.9 Å². The van der Waals surface area contributed by atoms with Crippen molar-refractivity contribution in [2.45, 2.75) is 46.1 Å². The molecule has 5 nitrogen and oxygen atoms in total. The van der Waals surface area contributed by atoms with Crippen LogP contribution >= 0.6 is 0 Å². The van der Waals surface area contributed by atoms with E-state index < -0.39 is 0 Å². The highest BCUT2D eigenvalue weighted by atomic mass is 16.2. The van der Waals surface area contributed by atoms with E-state index in [0.717, 1.165) is 42.6 Å². The fraction of sp³-hybridized carbons (Fsp3) is 0.357. The van der Waals surface area contributed by atoms with Crippen LogP contribution in [0.3, 0.4) is 0 Å². The molecule has 4 rings (SSSR count). The normalized spacial score (nSPS) is 14.3. The smallest absolute Gasteiger partial charge is 0.254 e. The molecule has 0 radical (unpaired) electrons. The van der Waals surface area contributed by atoms with Crippen molar-refractivity contribution in [2.24, 2.45) is 0 Å². The fourth-order valence-corrected chi connectivity index (χ4v) is 4.83. The highest BCUT2D eigenvalue weighted by Crippen LogP contribution is 2.22. The molecule has 2 amide bonds. The Morgan fingerprint density at radius 3 is 2.03 bits per heavy atom. The minimum atomic E-state index is 0.0774. The summed E-state index contributed by atoms with van der Waals surface area (Å²) in [7, 11) is 0. The molecule has 0 unspecified atom stereocenters. The monoisotopic (exact) mass is 443 g/mol. The first kappa shape index (κ1) is 22.8. The Morgan fingerprint density at radius 2 is 1.45 bits per heavy atom. The molecule has 172 valence electrons. The number of nitrogens with zero attached hydrogens (tertiary/aromatic N) is 3. The summed E-state index contributed by atoms with van der Waals surface area (Å²) in [6.07, 6.45) is 2.53. The van der Waals surface area contributed by atoms with Crippen LogP contribution in [0.25, 0.3) is 5.69 Å². The predicted molar refractivity (Wildman–Crippen MR) is 132 cm³/mol. The standard InChI is InChI=1S/C28H33N3O2/c1-4-18-30(25-16-19-29(20-17-25)27(32)23-8-6-5-7-9-23)28(33)24-12-14-26(15-13-24)31-21(2)10-11-22(31)3/h5-15,25H,4,16-20H2,1-3H3. The molecule has 2 heterocycles. The van der Waals surface area contributed by atoms with Crippen LogP contribution in [-0.4, -0.2) is 51.9 Å². The molecule has 2 aromatic carbocycles. The topological polar surface area (TPSA) is 45.6 Å². The van der Waals surface area contributed by atoms with Crippen LogP contribution in [0.5, 0.6) is 0 Å². The van der Waals surface area contributed by atoms with Crippen LogP contribution in [0.2, 0.25) is 0 Å². The molecule has 0 atom stereocenters. The van der Waals surface area contributed by atoms with Crippen molar-refractivity contribution < 1.29 is 9.59 Å². The second-order valence-corrected chi connectivity index (χ2v) is 8.89. The summed E-state index contributed by atoms with van der Waals surface area (Å²) in [5, 5.41) is 0.